The molecule has 0 aromatic heterocycles. The molecule has 0 aromatic rings. The predicted octanol–water partition coefficient (Wildman–Crippen LogP) is 1.16. The molecule has 0 bridgehead atoms. The van der Waals surface area contributed by atoms with Crippen LogP contribution >= 0.6 is 0 Å². The van der Waals surface area contributed by atoms with Gasteiger partial charge in [0.15, 0.2) is 0 Å². The van der Waals surface area contributed by atoms with Crippen LogP contribution in [0.5, 0.6) is 0 Å². The second kappa shape index (κ2) is 3.57. The SMILES string of the molecule is CC(C#N)N(C)C(=O)C1CCC1. The second-order valence-electron chi connectivity index (χ2n) is 3.38. The van der Waals surface area contributed by atoms with Crippen LogP contribution in [0.2, 0.25) is 0 Å². The Morgan fingerprint density at radius 1 is 1.67 bits per heavy atom. The smallest absolute Gasteiger partial charge is 0.226 e. The van der Waals surface area contributed by atoms with Crippen molar-refractivity contribution in [1.29, 1.82) is 5.26 Å². The summed E-state index contributed by atoms with van der Waals surface area (Å²) in [4.78, 5) is 13.0. The molecule has 12 heavy (non-hydrogen) atoms. The summed E-state index contributed by atoms with van der Waals surface area (Å²) in [5, 5.41) is 8.58. The molecular weight excluding hydrogens is 152 g/mol. The molecule has 1 saturated carbocycles. The van der Waals surface area contributed by atoms with Crippen LogP contribution in [-0.2, 0) is 4.79 Å². The van der Waals surface area contributed by atoms with Crippen molar-refractivity contribution < 1.29 is 4.79 Å². The first-order valence-corrected chi connectivity index (χ1v) is 4.33. The van der Waals surface area contributed by atoms with Gasteiger partial charge < -0.3 is 4.90 Å². The van der Waals surface area contributed by atoms with Gasteiger partial charge in [-0.15, -0.1) is 0 Å². The summed E-state index contributed by atoms with van der Waals surface area (Å²) in [5.41, 5.74) is 0. The number of hydrogen-bond donors (Lipinski definition) is 0. The topological polar surface area (TPSA) is 44.1 Å². The average Bonchev–Trinajstić information content (AvgIpc) is 1.98. The van der Waals surface area contributed by atoms with Crippen molar-refractivity contribution >= 4 is 5.91 Å². The maximum Gasteiger partial charge on any atom is 0.226 e. The van der Waals surface area contributed by atoms with E-state index in [9.17, 15) is 4.79 Å². The van der Waals surface area contributed by atoms with E-state index in [0.717, 1.165) is 19.3 Å². The van der Waals surface area contributed by atoms with E-state index in [1.807, 2.05) is 0 Å². The van der Waals surface area contributed by atoms with Gasteiger partial charge in [-0.1, -0.05) is 6.42 Å². The van der Waals surface area contributed by atoms with E-state index in [1.165, 1.54) is 0 Å². The van der Waals surface area contributed by atoms with Crippen molar-refractivity contribution in [2.75, 3.05) is 7.05 Å². The van der Waals surface area contributed by atoms with Gasteiger partial charge in [0.25, 0.3) is 0 Å². The molecule has 1 unspecified atom stereocenters. The van der Waals surface area contributed by atoms with Crippen molar-refractivity contribution in [2.45, 2.75) is 32.2 Å². The maximum atomic E-state index is 11.5. The zero-order valence-electron chi connectivity index (χ0n) is 7.58. The van der Waals surface area contributed by atoms with Gasteiger partial charge in [-0.25, -0.2) is 0 Å². The molecule has 0 aromatic carbocycles. The summed E-state index contributed by atoms with van der Waals surface area (Å²) in [5.74, 6) is 0.334. The van der Waals surface area contributed by atoms with Gasteiger partial charge in [0.05, 0.1) is 6.07 Å². The highest BCUT2D eigenvalue weighted by Gasteiger charge is 2.29. The number of carbonyl (C=O) groups excluding carboxylic acids is 1. The summed E-state index contributed by atoms with van der Waals surface area (Å²) in [6, 6.07) is 1.76. The first-order chi connectivity index (χ1) is 5.66. The summed E-state index contributed by atoms with van der Waals surface area (Å²) < 4.78 is 0. The van der Waals surface area contributed by atoms with E-state index in [1.54, 1.807) is 18.9 Å². The summed E-state index contributed by atoms with van der Waals surface area (Å²) in [7, 11) is 1.70. The lowest BCUT2D eigenvalue weighted by Gasteiger charge is -2.30. The largest absolute Gasteiger partial charge is 0.330 e. The van der Waals surface area contributed by atoms with Gasteiger partial charge in [0.2, 0.25) is 5.91 Å². The number of hydrogen-bond acceptors (Lipinski definition) is 2. The minimum absolute atomic E-state index is 0.135. The van der Waals surface area contributed by atoms with Crippen LogP contribution in [0.15, 0.2) is 0 Å². The fourth-order valence-corrected chi connectivity index (χ4v) is 1.22. The van der Waals surface area contributed by atoms with Crippen molar-refractivity contribution in [3.63, 3.8) is 0 Å². The van der Waals surface area contributed by atoms with E-state index < -0.39 is 0 Å². The summed E-state index contributed by atoms with van der Waals surface area (Å²) in [6.07, 6.45) is 3.16. The normalized spacial score (nSPS) is 19.1. The van der Waals surface area contributed by atoms with E-state index in [4.69, 9.17) is 5.26 Å². The monoisotopic (exact) mass is 166 g/mol. The Morgan fingerprint density at radius 2 is 2.25 bits per heavy atom. The predicted molar refractivity (Wildman–Crippen MR) is 45.2 cm³/mol. The molecule has 0 N–H and O–H groups in total. The molecule has 1 fully saturated rings. The third-order valence-corrected chi connectivity index (χ3v) is 2.57. The molecule has 1 rings (SSSR count). The highest BCUT2D eigenvalue weighted by molar-refractivity contribution is 5.79. The highest BCUT2D eigenvalue weighted by Crippen LogP contribution is 2.28. The average molecular weight is 166 g/mol. The number of amides is 1. The van der Waals surface area contributed by atoms with Crippen molar-refractivity contribution in [3.8, 4) is 6.07 Å². The van der Waals surface area contributed by atoms with Crippen LogP contribution in [-0.4, -0.2) is 23.9 Å². The third kappa shape index (κ3) is 1.58. The number of rotatable bonds is 2. The minimum atomic E-state index is -0.293. The molecule has 0 saturated heterocycles. The Kier molecular flexibility index (Phi) is 2.69. The summed E-state index contributed by atoms with van der Waals surface area (Å²) >= 11 is 0. The van der Waals surface area contributed by atoms with Crippen LogP contribution < -0.4 is 0 Å². The van der Waals surface area contributed by atoms with E-state index in [0.29, 0.717) is 0 Å². The van der Waals surface area contributed by atoms with E-state index in [2.05, 4.69) is 6.07 Å². The number of nitriles is 1. The Bertz CT molecular complexity index is 215. The van der Waals surface area contributed by atoms with Crippen LogP contribution in [0.25, 0.3) is 0 Å². The fourth-order valence-electron chi connectivity index (χ4n) is 1.22. The van der Waals surface area contributed by atoms with Crippen LogP contribution in [0.4, 0.5) is 0 Å². The van der Waals surface area contributed by atoms with Gasteiger partial charge in [0.1, 0.15) is 6.04 Å². The molecule has 3 heteroatoms. The van der Waals surface area contributed by atoms with Gasteiger partial charge in [-0.05, 0) is 19.8 Å². The van der Waals surface area contributed by atoms with Crippen molar-refractivity contribution in [1.82, 2.24) is 4.90 Å². The van der Waals surface area contributed by atoms with Crippen molar-refractivity contribution in [3.05, 3.63) is 0 Å². The molecule has 1 aliphatic carbocycles. The van der Waals surface area contributed by atoms with Crippen LogP contribution in [0, 0.1) is 17.2 Å². The quantitative estimate of drug-likeness (QED) is 0.617. The number of carbonyl (C=O) groups is 1. The molecule has 0 aliphatic heterocycles. The van der Waals surface area contributed by atoms with Gasteiger partial charge in [0, 0.05) is 13.0 Å². The van der Waals surface area contributed by atoms with Gasteiger partial charge in [-0.3, -0.25) is 4.79 Å². The molecule has 0 heterocycles. The van der Waals surface area contributed by atoms with Crippen molar-refractivity contribution in [2.24, 2.45) is 5.92 Å². The Labute approximate surface area is 73.0 Å². The lowest BCUT2D eigenvalue weighted by atomic mass is 9.84. The molecule has 66 valence electrons. The molecule has 0 radical (unpaired) electrons. The first kappa shape index (κ1) is 9.05. The van der Waals surface area contributed by atoms with Gasteiger partial charge >= 0.3 is 0 Å². The standard InChI is InChI=1S/C9H14N2O/c1-7(6-10)11(2)9(12)8-4-3-5-8/h7-8H,3-5H2,1-2H3. The molecule has 1 aliphatic rings. The van der Waals surface area contributed by atoms with E-state index in [-0.39, 0.29) is 17.9 Å². The summed E-state index contributed by atoms with van der Waals surface area (Å²) in [6.45, 7) is 1.75. The lowest BCUT2D eigenvalue weighted by molar-refractivity contribution is -0.137. The van der Waals surface area contributed by atoms with Crippen LogP contribution in [0.3, 0.4) is 0 Å². The molecule has 0 spiro atoms. The molecule has 1 amide bonds. The second-order valence-corrected chi connectivity index (χ2v) is 3.38. The number of nitrogens with zero attached hydrogens (tertiary/aromatic N) is 2. The van der Waals surface area contributed by atoms with E-state index >= 15 is 0 Å². The minimum Gasteiger partial charge on any atom is -0.330 e. The zero-order valence-corrected chi connectivity index (χ0v) is 7.58. The molecule has 1 atom stereocenters. The zero-order chi connectivity index (χ0) is 9.14. The first-order valence-electron chi connectivity index (χ1n) is 4.33. The Hall–Kier alpha value is -1.04. The molecular formula is C9H14N2O. The lowest BCUT2D eigenvalue weighted by Crippen LogP contribution is -2.40. The Balaban J connectivity index is 2.46. The Morgan fingerprint density at radius 3 is 2.58 bits per heavy atom. The highest BCUT2D eigenvalue weighted by atomic mass is 16.2. The maximum absolute atomic E-state index is 11.5. The van der Waals surface area contributed by atoms with Crippen LogP contribution in [0.1, 0.15) is 26.2 Å². The molecule has 3 nitrogen and oxygen atoms in total. The fraction of sp³-hybridized carbons (Fsp3) is 0.778. The third-order valence-electron chi connectivity index (χ3n) is 2.57. The van der Waals surface area contributed by atoms with Gasteiger partial charge in [-0.2, -0.15) is 5.26 Å².